The average Bonchev–Trinajstić information content (AvgIpc) is 2.75. The molecule has 2 aliphatic rings. The molecule has 0 spiro atoms. The van der Waals surface area contributed by atoms with E-state index in [2.05, 4.69) is 10.6 Å². The third-order valence-corrected chi connectivity index (χ3v) is 3.24. The van der Waals surface area contributed by atoms with Crippen LogP contribution in [0.1, 0.15) is 0 Å². The minimum absolute atomic E-state index is 0.00648. The lowest BCUT2D eigenvalue weighted by atomic mass is 10.0. The third-order valence-electron chi connectivity index (χ3n) is 3.24. The largest absolute Gasteiger partial charge is 0.497 e. The molecule has 5 nitrogen and oxygen atoms in total. The molecular weight excluding hydrogens is 220 g/mol. The normalized spacial score (nSPS) is 26.3. The molecule has 17 heavy (non-hydrogen) atoms. The molecule has 1 aromatic carbocycles. The van der Waals surface area contributed by atoms with Crippen LogP contribution in [-0.2, 0) is 9.53 Å². The molecule has 1 fully saturated rings. The molecule has 90 valence electrons. The standard InChI is InChI=1S/C12H14N2O3/c1-16-7-2-3-9-10(4-7)14-12(15)8-5-17-6-11(8)13-9/h2-4,8,11,13H,5-6H2,1H3,(H,14,15). The number of carbonyl (C=O) groups excluding carboxylic acids is 1. The molecule has 0 aromatic heterocycles. The Hall–Kier alpha value is -1.75. The van der Waals surface area contributed by atoms with Crippen LogP contribution >= 0.6 is 0 Å². The summed E-state index contributed by atoms with van der Waals surface area (Å²) in [5, 5.41) is 6.25. The molecule has 5 heteroatoms. The average molecular weight is 234 g/mol. The quantitative estimate of drug-likeness (QED) is 0.763. The summed E-state index contributed by atoms with van der Waals surface area (Å²) >= 11 is 0. The van der Waals surface area contributed by atoms with Gasteiger partial charge in [-0.05, 0) is 12.1 Å². The lowest BCUT2D eigenvalue weighted by Gasteiger charge is -2.14. The molecule has 2 aliphatic heterocycles. The number of hydrogen-bond donors (Lipinski definition) is 2. The molecule has 3 rings (SSSR count). The van der Waals surface area contributed by atoms with Gasteiger partial charge in [0, 0.05) is 6.07 Å². The first kappa shape index (κ1) is 10.4. The number of methoxy groups -OCH3 is 1. The van der Waals surface area contributed by atoms with E-state index in [0.29, 0.717) is 13.2 Å². The maximum atomic E-state index is 12.0. The van der Waals surface area contributed by atoms with Crippen LogP contribution in [0.15, 0.2) is 18.2 Å². The summed E-state index contributed by atoms with van der Waals surface area (Å²) in [6.07, 6.45) is 0. The zero-order valence-corrected chi connectivity index (χ0v) is 9.53. The van der Waals surface area contributed by atoms with Crippen LogP contribution in [0, 0.1) is 5.92 Å². The predicted octanol–water partition coefficient (Wildman–Crippen LogP) is 1.07. The van der Waals surface area contributed by atoms with Gasteiger partial charge in [-0.3, -0.25) is 4.79 Å². The number of fused-ring (bicyclic) bond motifs is 2. The Kier molecular flexibility index (Phi) is 2.40. The van der Waals surface area contributed by atoms with Crippen LogP contribution in [0.2, 0.25) is 0 Å². The SMILES string of the molecule is COc1ccc2c(c1)NC(=O)C1COCC1N2. The minimum atomic E-state index is -0.117. The fraction of sp³-hybridized carbons (Fsp3) is 0.417. The summed E-state index contributed by atoms with van der Waals surface area (Å²) in [4.78, 5) is 12.0. The first-order valence-electron chi connectivity index (χ1n) is 5.61. The van der Waals surface area contributed by atoms with Gasteiger partial charge in [-0.15, -0.1) is 0 Å². The maximum absolute atomic E-state index is 12.0. The zero-order chi connectivity index (χ0) is 11.8. The molecule has 0 saturated carbocycles. The van der Waals surface area contributed by atoms with Gasteiger partial charge in [-0.2, -0.15) is 0 Å². The van der Waals surface area contributed by atoms with Gasteiger partial charge in [0.15, 0.2) is 0 Å². The van der Waals surface area contributed by atoms with E-state index in [-0.39, 0.29) is 17.9 Å². The van der Waals surface area contributed by atoms with Gasteiger partial charge in [0.1, 0.15) is 5.75 Å². The second kappa shape index (κ2) is 3.92. The first-order chi connectivity index (χ1) is 8.28. The van der Waals surface area contributed by atoms with E-state index in [1.807, 2.05) is 18.2 Å². The van der Waals surface area contributed by atoms with E-state index >= 15 is 0 Å². The van der Waals surface area contributed by atoms with Crippen molar-refractivity contribution in [1.82, 2.24) is 0 Å². The number of anilines is 2. The van der Waals surface area contributed by atoms with Crippen LogP contribution in [0.4, 0.5) is 11.4 Å². The molecule has 2 unspecified atom stereocenters. The highest BCUT2D eigenvalue weighted by molar-refractivity contribution is 5.98. The molecule has 0 bridgehead atoms. The number of rotatable bonds is 1. The predicted molar refractivity (Wildman–Crippen MR) is 63.3 cm³/mol. The van der Waals surface area contributed by atoms with E-state index in [1.165, 1.54) is 0 Å². The molecule has 2 heterocycles. The summed E-state index contributed by atoms with van der Waals surface area (Å²) in [7, 11) is 1.61. The Morgan fingerprint density at radius 3 is 3.06 bits per heavy atom. The second-order valence-corrected chi connectivity index (χ2v) is 4.30. The van der Waals surface area contributed by atoms with Crippen molar-refractivity contribution in [3.63, 3.8) is 0 Å². The Bertz CT molecular complexity index is 461. The molecule has 2 atom stereocenters. The Morgan fingerprint density at radius 2 is 2.24 bits per heavy atom. The van der Waals surface area contributed by atoms with Crippen molar-refractivity contribution in [2.75, 3.05) is 31.0 Å². The van der Waals surface area contributed by atoms with Crippen molar-refractivity contribution in [3.8, 4) is 5.75 Å². The van der Waals surface area contributed by atoms with Crippen molar-refractivity contribution in [2.24, 2.45) is 5.92 Å². The van der Waals surface area contributed by atoms with Crippen LogP contribution in [0.3, 0.4) is 0 Å². The molecule has 0 aliphatic carbocycles. The Balaban J connectivity index is 1.98. The summed E-state index contributed by atoms with van der Waals surface area (Å²) in [5.74, 6) is 0.620. The number of nitrogens with one attached hydrogen (secondary N) is 2. The summed E-state index contributed by atoms with van der Waals surface area (Å²) < 4.78 is 10.5. The number of carbonyl (C=O) groups is 1. The van der Waals surface area contributed by atoms with Crippen molar-refractivity contribution in [1.29, 1.82) is 0 Å². The Morgan fingerprint density at radius 1 is 1.35 bits per heavy atom. The van der Waals surface area contributed by atoms with E-state index in [0.717, 1.165) is 17.1 Å². The molecule has 1 aromatic rings. The lowest BCUT2D eigenvalue weighted by Crippen LogP contribution is -2.33. The van der Waals surface area contributed by atoms with Gasteiger partial charge < -0.3 is 20.1 Å². The fourth-order valence-electron chi connectivity index (χ4n) is 2.26. The van der Waals surface area contributed by atoms with Crippen LogP contribution in [0.25, 0.3) is 0 Å². The number of ether oxygens (including phenoxy) is 2. The van der Waals surface area contributed by atoms with E-state index in [4.69, 9.17) is 9.47 Å². The van der Waals surface area contributed by atoms with Crippen LogP contribution in [-0.4, -0.2) is 32.3 Å². The molecule has 2 N–H and O–H groups in total. The monoisotopic (exact) mass is 234 g/mol. The third kappa shape index (κ3) is 1.72. The van der Waals surface area contributed by atoms with Crippen molar-refractivity contribution in [2.45, 2.75) is 6.04 Å². The van der Waals surface area contributed by atoms with E-state index < -0.39 is 0 Å². The van der Waals surface area contributed by atoms with Gasteiger partial charge in [-0.25, -0.2) is 0 Å². The first-order valence-corrected chi connectivity index (χ1v) is 5.61. The van der Waals surface area contributed by atoms with Crippen LogP contribution in [0.5, 0.6) is 5.75 Å². The van der Waals surface area contributed by atoms with Gasteiger partial charge >= 0.3 is 0 Å². The molecular formula is C12H14N2O3. The van der Waals surface area contributed by atoms with E-state index in [9.17, 15) is 4.79 Å². The van der Waals surface area contributed by atoms with Crippen molar-refractivity contribution >= 4 is 17.3 Å². The summed E-state index contributed by atoms with van der Waals surface area (Å²) in [6.45, 7) is 1.05. The van der Waals surface area contributed by atoms with Crippen molar-refractivity contribution < 1.29 is 14.3 Å². The van der Waals surface area contributed by atoms with Crippen LogP contribution < -0.4 is 15.4 Å². The molecule has 1 amide bonds. The topological polar surface area (TPSA) is 59.6 Å². The van der Waals surface area contributed by atoms with Gasteiger partial charge in [0.05, 0.1) is 43.7 Å². The summed E-state index contributed by atoms with van der Waals surface area (Å²) in [6, 6.07) is 5.66. The van der Waals surface area contributed by atoms with Crippen molar-refractivity contribution in [3.05, 3.63) is 18.2 Å². The smallest absolute Gasteiger partial charge is 0.232 e. The minimum Gasteiger partial charge on any atom is -0.497 e. The highest BCUT2D eigenvalue weighted by atomic mass is 16.5. The van der Waals surface area contributed by atoms with Gasteiger partial charge in [0.2, 0.25) is 5.91 Å². The summed E-state index contributed by atoms with van der Waals surface area (Å²) in [5.41, 5.74) is 1.68. The Labute approximate surface area is 99.1 Å². The van der Waals surface area contributed by atoms with Gasteiger partial charge in [-0.1, -0.05) is 0 Å². The molecule has 0 radical (unpaired) electrons. The lowest BCUT2D eigenvalue weighted by molar-refractivity contribution is -0.119. The maximum Gasteiger partial charge on any atom is 0.232 e. The van der Waals surface area contributed by atoms with E-state index in [1.54, 1.807) is 7.11 Å². The second-order valence-electron chi connectivity index (χ2n) is 4.30. The highest BCUT2D eigenvalue weighted by Gasteiger charge is 2.36. The zero-order valence-electron chi connectivity index (χ0n) is 9.53. The molecule has 1 saturated heterocycles. The van der Waals surface area contributed by atoms with Gasteiger partial charge in [0.25, 0.3) is 0 Å². The number of hydrogen-bond acceptors (Lipinski definition) is 4. The number of amides is 1. The fourth-order valence-corrected chi connectivity index (χ4v) is 2.26. The number of benzene rings is 1. The highest BCUT2D eigenvalue weighted by Crippen LogP contribution is 2.33.